The summed E-state index contributed by atoms with van der Waals surface area (Å²) in [6.07, 6.45) is 1.79. The minimum atomic E-state index is 0. The maximum absolute atomic E-state index is 5.80. The third kappa shape index (κ3) is 6.73. The van der Waals surface area contributed by atoms with Crippen LogP contribution in [-0.2, 0) is 11.3 Å². The highest BCUT2D eigenvalue weighted by molar-refractivity contribution is 14.0. The van der Waals surface area contributed by atoms with Crippen LogP contribution in [-0.4, -0.2) is 55.5 Å². The molecule has 8 nitrogen and oxygen atoms in total. The number of nitrogens with zero attached hydrogens (tertiary/aromatic N) is 3. The molecule has 9 heteroatoms. The van der Waals surface area contributed by atoms with Crippen molar-refractivity contribution in [3.63, 3.8) is 0 Å². The Kier molecular flexibility index (Phi) is 9.61. The molecule has 0 unspecified atom stereocenters. The normalized spacial score (nSPS) is 13.3. The quantitative estimate of drug-likeness (QED) is 0.184. The predicted molar refractivity (Wildman–Crippen MR) is 142 cm³/mol. The number of rotatable bonds is 8. The Hall–Kier alpha value is -2.53. The number of hydrogen-bond donors (Lipinski definition) is 2. The van der Waals surface area contributed by atoms with E-state index in [2.05, 4.69) is 32.3 Å². The molecule has 0 bridgehead atoms. The zero-order chi connectivity index (χ0) is 22.2. The minimum absolute atomic E-state index is 0. The fourth-order valence-electron chi connectivity index (χ4n) is 3.69. The number of hydrogen-bond acceptors (Lipinski definition) is 5. The Bertz CT molecular complexity index is 1070. The number of aliphatic imine (C=N–C) groups is 1. The Morgan fingerprint density at radius 1 is 1.15 bits per heavy atom. The highest BCUT2D eigenvalue weighted by atomic mass is 127. The number of imidazole rings is 1. The van der Waals surface area contributed by atoms with Crippen LogP contribution in [0.5, 0.6) is 11.5 Å². The van der Waals surface area contributed by atoms with E-state index in [1.165, 1.54) is 0 Å². The third-order valence-corrected chi connectivity index (χ3v) is 5.26. The number of halogens is 1. The smallest absolute Gasteiger partial charge is 0.195 e. The van der Waals surface area contributed by atoms with Crippen LogP contribution in [0.3, 0.4) is 0 Å². The van der Waals surface area contributed by atoms with Crippen molar-refractivity contribution in [2.24, 2.45) is 4.99 Å². The van der Waals surface area contributed by atoms with E-state index >= 15 is 0 Å². The first-order valence-corrected chi connectivity index (χ1v) is 11.1. The van der Waals surface area contributed by atoms with Gasteiger partial charge < -0.3 is 29.4 Å². The fourth-order valence-corrected chi connectivity index (χ4v) is 3.69. The molecule has 0 fully saturated rings. The largest absolute Gasteiger partial charge is 0.490 e. The van der Waals surface area contributed by atoms with E-state index in [-0.39, 0.29) is 24.0 Å². The molecule has 0 spiro atoms. The summed E-state index contributed by atoms with van der Waals surface area (Å²) < 4.78 is 18.9. The molecule has 2 heterocycles. The van der Waals surface area contributed by atoms with Crippen LogP contribution in [0.15, 0.2) is 47.5 Å². The lowest BCUT2D eigenvalue weighted by Gasteiger charge is -2.14. The van der Waals surface area contributed by atoms with Crippen molar-refractivity contribution in [1.29, 1.82) is 0 Å². The molecule has 2 aromatic carbocycles. The maximum Gasteiger partial charge on any atom is 0.195 e. The van der Waals surface area contributed by atoms with Crippen LogP contribution in [0.2, 0.25) is 0 Å². The summed E-state index contributed by atoms with van der Waals surface area (Å²) in [7, 11) is 1.69. The first-order valence-electron chi connectivity index (χ1n) is 11.1. The Morgan fingerprint density at radius 2 is 1.97 bits per heavy atom. The van der Waals surface area contributed by atoms with Crippen molar-refractivity contribution < 1.29 is 14.2 Å². The lowest BCUT2D eigenvalue weighted by molar-refractivity contribution is 0.204. The second kappa shape index (κ2) is 12.6. The number of para-hydroxylation sites is 2. The van der Waals surface area contributed by atoms with Crippen molar-refractivity contribution in [2.75, 3.05) is 45.3 Å². The van der Waals surface area contributed by atoms with Crippen molar-refractivity contribution in [3.05, 3.63) is 48.3 Å². The molecule has 0 amide bonds. The highest BCUT2D eigenvalue weighted by Gasteiger charge is 2.11. The van der Waals surface area contributed by atoms with E-state index in [4.69, 9.17) is 19.2 Å². The Labute approximate surface area is 211 Å². The Balaban J connectivity index is 0.00000306. The van der Waals surface area contributed by atoms with E-state index in [1.807, 2.05) is 37.3 Å². The molecular formula is C24H32IN5O3. The number of aromatic nitrogens is 2. The maximum atomic E-state index is 5.80. The molecule has 1 aliphatic rings. The van der Waals surface area contributed by atoms with Gasteiger partial charge in [0.15, 0.2) is 17.5 Å². The summed E-state index contributed by atoms with van der Waals surface area (Å²) in [5.74, 6) is 3.27. The van der Waals surface area contributed by atoms with Crippen LogP contribution in [0.1, 0.15) is 18.7 Å². The topological polar surface area (TPSA) is 81.9 Å². The molecule has 0 atom stereocenters. The minimum Gasteiger partial charge on any atom is -0.490 e. The van der Waals surface area contributed by atoms with Crippen LogP contribution in [0, 0.1) is 6.92 Å². The molecule has 0 saturated carbocycles. The zero-order valence-electron chi connectivity index (χ0n) is 19.2. The van der Waals surface area contributed by atoms with Gasteiger partial charge in [-0.25, -0.2) is 4.98 Å². The van der Waals surface area contributed by atoms with Crippen molar-refractivity contribution >= 4 is 46.7 Å². The molecule has 178 valence electrons. The van der Waals surface area contributed by atoms with E-state index in [1.54, 1.807) is 7.11 Å². The Morgan fingerprint density at radius 3 is 2.82 bits per heavy atom. The summed E-state index contributed by atoms with van der Waals surface area (Å²) in [5, 5.41) is 6.69. The van der Waals surface area contributed by atoms with Gasteiger partial charge in [0.05, 0.1) is 30.9 Å². The molecule has 1 aromatic heterocycles. The average Bonchev–Trinajstić information content (AvgIpc) is 2.95. The van der Waals surface area contributed by atoms with Crippen molar-refractivity contribution in [1.82, 2.24) is 14.9 Å². The van der Waals surface area contributed by atoms with Crippen LogP contribution in [0.25, 0.3) is 11.0 Å². The number of methoxy groups -OCH3 is 1. The second-order valence-electron chi connectivity index (χ2n) is 7.64. The summed E-state index contributed by atoms with van der Waals surface area (Å²) in [6, 6.07) is 14.1. The number of fused-ring (bicyclic) bond motifs is 2. The number of ether oxygens (including phenoxy) is 3. The molecule has 0 aliphatic carbocycles. The summed E-state index contributed by atoms with van der Waals surface area (Å²) in [6.45, 7) is 6.19. The predicted octanol–water partition coefficient (Wildman–Crippen LogP) is 4.22. The first-order chi connectivity index (χ1) is 15.7. The van der Waals surface area contributed by atoms with Gasteiger partial charge in [-0.15, -0.1) is 24.0 Å². The van der Waals surface area contributed by atoms with Gasteiger partial charge in [0.25, 0.3) is 0 Å². The molecule has 1 aliphatic heterocycles. The van der Waals surface area contributed by atoms with Gasteiger partial charge in [0.1, 0.15) is 5.82 Å². The average molecular weight is 565 g/mol. The molecule has 2 N–H and O–H groups in total. The van der Waals surface area contributed by atoms with Crippen LogP contribution < -0.4 is 20.1 Å². The van der Waals surface area contributed by atoms with E-state index in [0.29, 0.717) is 38.9 Å². The van der Waals surface area contributed by atoms with Gasteiger partial charge in [0.2, 0.25) is 0 Å². The van der Waals surface area contributed by atoms with Crippen LogP contribution in [0.4, 0.5) is 5.69 Å². The van der Waals surface area contributed by atoms with Crippen molar-refractivity contribution in [3.8, 4) is 11.5 Å². The van der Waals surface area contributed by atoms with Gasteiger partial charge in [-0.2, -0.15) is 0 Å². The lowest BCUT2D eigenvalue weighted by Crippen LogP contribution is -2.33. The second-order valence-corrected chi connectivity index (χ2v) is 7.64. The molecule has 0 radical (unpaired) electrons. The van der Waals surface area contributed by atoms with E-state index in [9.17, 15) is 0 Å². The fraction of sp³-hybridized carbons (Fsp3) is 0.417. The number of benzene rings is 2. The summed E-state index contributed by atoms with van der Waals surface area (Å²) in [5.41, 5.74) is 3.10. The number of aryl methyl sites for hydroxylation is 2. The standard InChI is InChI=1S/C24H31N5O3.HI/c1-18-27-20-7-3-4-8-21(20)29(18)13-5-11-25-24(26-12-16-30-2)28-19-9-10-22-23(17-19)32-15-6-14-31-22;/h3-4,7-10,17H,5-6,11-16H2,1-2H3,(H2,25,26,28);1H. The van der Waals surface area contributed by atoms with Crippen LogP contribution >= 0.6 is 24.0 Å². The number of nitrogens with one attached hydrogen (secondary N) is 2. The van der Waals surface area contributed by atoms with Gasteiger partial charge in [-0.3, -0.25) is 4.99 Å². The SMILES string of the molecule is COCCNC(=NCCCn1c(C)nc2ccccc21)Nc1ccc2c(c1)OCCCO2.I. The van der Waals surface area contributed by atoms with Gasteiger partial charge in [0, 0.05) is 44.9 Å². The molecule has 4 rings (SSSR count). The first kappa shape index (κ1) is 25.1. The van der Waals surface area contributed by atoms with Gasteiger partial charge in [-0.05, 0) is 37.6 Å². The van der Waals surface area contributed by atoms with Gasteiger partial charge >= 0.3 is 0 Å². The molecule has 33 heavy (non-hydrogen) atoms. The van der Waals surface area contributed by atoms with E-state index in [0.717, 1.165) is 53.4 Å². The summed E-state index contributed by atoms with van der Waals surface area (Å²) >= 11 is 0. The molecule has 0 saturated heterocycles. The molecular weight excluding hydrogens is 533 g/mol. The number of guanidine groups is 1. The molecule has 3 aromatic rings. The highest BCUT2D eigenvalue weighted by Crippen LogP contribution is 2.32. The summed E-state index contributed by atoms with van der Waals surface area (Å²) in [4.78, 5) is 9.40. The third-order valence-electron chi connectivity index (χ3n) is 5.26. The van der Waals surface area contributed by atoms with E-state index < -0.39 is 0 Å². The number of anilines is 1. The zero-order valence-corrected chi connectivity index (χ0v) is 21.5. The lowest BCUT2D eigenvalue weighted by atomic mass is 10.2. The van der Waals surface area contributed by atoms with Gasteiger partial charge in [-0.1, -0.05) is 12.1 Å². The van der Waals surface area contributed by atoms with Crippen molar-refractivity contribution in [2.45, 2.75) is 26.3 Å². The monoisotopic (exact) mass is 565 g/mol.